The first kappa shape index (κ1) is 56.1. The maximum absolute atomic E-state index is 12.8. The summed E-state index contributed by atoms with van der Waals surface area (Å²) in [4.78, 5) is 37.9. The van der Waals surface area contributed by atoms with Gasteiger partial charge in [0.15, 0.2) is 6.10 Å². The van der Waals surface area contributed by atoms with E-state index < -0.39 is 6.10 Å². The molecule has 0 aromatic rings. The molecular weight excluding hydrogens is 721 g/mol. The molecule has 0 spiro atoms. The van der Waals surface area contributed by atoms with Crippen LogP contribution < -0.4 is 0 Å². The molecular formula is C52H98O6. The molecule has 58 heavy (non-hydrogen) atoms. The van der Waals surface area contributed by atoms with Gasteiger partial charge in [0.2, 0.25) is 0 Å². The maximum Gasteiger partial charge on any atom is 0.306 e. The Labute approximate surface area is 360 Å². The largest absolute Gasteiger partial charge is 0.462 e. The average molecular weight is 819 g/mol. The minimum absolute atomic E-state index is 0.0673. The summed E-state index contributed by atoms with van der Waals surface area (Å²) in [7, 11) is 0. The summed E-state index contributed by atoms with van der Waals surface area (Å²) in [5, 5.41) is 0. The van der Waals surface area contributed by atoms with Crippen LogP contribution in [0.15, 0.2) is 12.2 Å². The molecule has 0 radical (unpaired) electrons. The van der Waals surface area contributed by atoms with Crippen molar-refractivity contribution < 1.29 is 28.6 Å². The molecule has 0 aliphatic rings. The smallest absolute Gasteiger partial charge is 0.306 e. The van der Waals surface area contributed by atoms with Gasteiger partial charge in [-0.25, -0.2) is 0 Å². The topological polar surface area (TPSA) is 78.9 Å². The molecule has 342 valence electrons. The third kappa shape index (κ3) is 45.2. The lowest BCUT2D eigenvalue weighted by molar-refractivity contribution is -0.167. The molecule has 0 fully saturated rings. The van der Waals surface area contributed by atoms with Crippen LogP contribution >= 0.6 is 0 Å². The molecule has 0 aromatic heterocycles. The van der Waals surface area contributed by atoms with Gasteiger partial charge < -0.3 is 14.2 Å². The molecule has 0 aliphatic heterocycles. The number of hydrogen-bond donors (Lipinski definition) is 0. The molecule has 0 N–H and O–H groups in total. The van der Waals surface area contributed by atoms with Gasteiger partial charge in [0.1, 0.15) is 13.2 Å². The third-order valence-corrected chi connectivity index (χ3v) is 11.5. The minimum Gasteiger partial charge on any atom is -0.462 e. The Balaban J connectivity index is 4.27. The fourth-order valence-corrected chi connectivity index (χ4v) is 7.62. The number of unbranched alkanes of at least 4 members (excludes halogenated alkanes) is 34. The standard InChI is InChI=1S/C52H98O6/c1-4-7-10-13-16-19-22-24-25-26-27-29-30-33-36-39-42-45-51(54)57-48-49(47-56-50(53)44-41-38-35-32-21-18-15-12-9-6-3)58-52(55)46-43-40-37-34-31-28-23-20-17-14-11-8-5-2/h12,15,49H,4-11,13-14,16-48H2,1-3H3/b15-12-. The average Bonchev–Trinajstić information content (AvgIpc) is 3.22. The monoisotopic (exact) mass is 819 g/mol. The lowest BCUT2D eigenvalue weighted by Crippen LogP contribution is -2.30. The normalized spacial score (nSPS) is 12.0. The van der Waals surface area contributed by atoms with Crippen molar-refractivity contribution in [3.63, 3.8) is 0 Å². The van der Waals surface area contributed by atoms with Gasteiger partial charge in [0, 0.05) is 19.3 Å². The van der Waals surface area contributed by atoms with E-state index in [-0.39, 0.29) is 31.1 Å². The van der Waals surface area contributed by atoms with Gasteiger partial charge in [-0.3, -0.25) is 14.4 Å². The van der Waals surface area contributed by atoms with Crippen LogP contribution in [0.25, 0.3) is 0 Å². The van der Waals surface area contributed by atoms with Gasteiger partial charge in [-0.05, 0) is 38.5 Å². The van der Waals surface area contributed by atoms with Crippen LogP contribution in [0.5, 0.6) is 0 Å². The summed E-state index contributed by atoms with van der Waals surface area (Å²) in [6.07, 6.45) is 52.0. The second-order valence-electron chi connectivity index (χ2n) is 17.4. The van der Waals surface area contributed by atoms with Gasteiger partial charge in [0.05, 0.1) is 0 Å². The van der Waals surface area contributed by atoms with E-state index in [0.717, 1.165) is 70.6 Å². The third-order valence-electron chi connectivity index (χ3n) is 11.5. The summed E-state index contributed by atoms with van der Waals surface area (Å²) >= 11 is 0. The van der Waals surface area contributed by atoms with Crippen LogP contribution in [0.4, 0.5) is 0 Å². The molecule has 0 amide bonds. The van der Waals surface area contributed by atoms with Crippen LogP contribution in [0.3, 0.4) is 0 Å². The Hall–Kier alpha value is -1.85. The van der Waals surface area contributed by atoms with Crippen LogP contribution in [-0.2, 0) is 28.6 Å². The second kappa shape index (κ2) is 47.8. The lowest BCUT2D eigenvalue weighted by Gasteiger charge is -2.18. The summed E-state index contributed by atoms with van der Waals surface area (Å²) < 4.78 is 16.8. The first-order chi connectivity index (χ1) is 28.5. The summed E-state index contributed by atoms with van der Waals surface area (Å²) in [5.41, 5.74) is 0. The highest BCUT2D eigenvalue weighted by Gasteiger charge is 2.19. The molecule has 0 saturated carbocycles. The number of esters is 3. The molecule has 0 heterocycles. The summed E-state index contributed by atoms with van der Waals surface area (Å²) in [5.74, 6) is -0.863. The van der Waals surface area contributed by atoms with Crippen molar-refractivity contribution >= 4 is 17.9 Å². The zero-order valence-corrected chi connectivity index (χ0v) is 39.1. The first-order valence-electron chi connectivity index (χ1n) is 25.7. The highest BCUT2D eigenvalue weighted by molar-refractivity contribution is 5.71. The van der Waals surface area contributed by atoms with E-state index in [4.69, 9.17) is 14.2 Å². The van der Waals surface area contributed by atoms with Crippen molar-refractivity contribution in [3.8, 4) is 0 Å². The number of ether oxygens (including phenoxy) is 3. The number of carbonyl (C=O) groups excluding carboxylic acids is 3. The van der Waals surface area contributed by atoms with Crippen LogP contribution in [0.2, 0.25) is 0 Å². The van der Waals surface area contributed by atoms with E-state index in [1.165, 1.54) is 173 Å². The number of hydrogen-bond acceptors (Lipinski definition) is 6. The Bertz CT molecular complexity index is 900. The van der Waals surface area contributed by atoms with Crippen molar-refractivity contribution in [2.45, 2.75) is 290 Å². The van der Waals surface area contributed by atoms with Gasteiger partial charge in [-0.2, -0.15) is 0 Å². The summed E-state index contributed by atoms with van der Waals surface area (Å²) in [6, 6.07) is 0. The van der Waals surface area contributed by atoms with Crippen molar-refractivity contribution in [1.82, 2.24) is 0 Å². The molecule has 0 aromatic carbocycles. The van der Waals surface area contributed by atoms with Crippen LogP contribution in [0, 0.1) is 0 Å². The first-order valence-corrected chi connectivity index (χ1v) is 25.7. The predicted molar refractivity (Wildman–Crippen MR) is 247 cm³/mol. The molecule has 0 bridgehead atoms. The Kier molecular flexibility index (Phi) is 46.3. The molecule has 0 saturated heterocycles. The van der Waals surface area contributed by atoms with Crippen LogP contribution in [-0.4, -0.2) is 37.2 Å². The van der Waals surface area contributed by atoms with Crippen molar-refractivity contribution in [2.75, 3.05) is 13.2 Å². The minimum atomic E-state index is -0.765. The van der Waals surface area contributed by atoms with E-state index in [9.17, 15) is 14.4 Å². The predicted octanol–water partition coefficient (Wildman–Crippen LogP) is 16.6. The summed E-state index contributed by atoms with van der Waals surface area (Å²) in [6.45, 7) is 6.60. The van der Waals surface area contributed by atoms with E-state index in [1.807, 2.05) is 0 Å². The van der Waals surface area contributed by atoms with E-state index in [2.05, 4.69) is 32.9 Å². The number of carbonyl (C=O) groups is 3. The maximum atomic E-state index is 12.8. The number of rotatable bonds is 47. The molecule has 1 atom stereocenters. The van der Waals surface area contributed by atoms with E-state index >= 15 is 0 Å². The zero-order valence-electron chi connectivity index (χ0n) is 39.1. The van der Waals surface area contributed by atoms with Gasteiger partial charge >= 0.3 is 17.9 Å². The highest BCUT2D eigenvalue weighted by Crippen LogP contribution is 2.16. The van der Waals surface area contributed by atoms with Crippen LogP contribution in [0.1, 0.15) is 284 Å². The Morgan fingerprint density at radius 2 is 0.603 bits per heavy atom. The van der Waals surface area contributed by atoms with Crippen molar-refractivity contribution in [1.29, 1.82) is 0 Å². The molecule has 6 heteroatoms. The molecule has 6 nitrogen and oxygen atoms in total. The zero-order chi connectivity index (χ0) is 42.3. The Morgan fingerprint density at radius 1 is 0.328 bits per heavy atom. The van der Waals surface area contributed by atoms with E-state index in [0.29, 0.717) is 19.3 Å². The number of allylic oxidation sites excluding steroid dienone is 2. The fourth-order valence-electron chi connectivity index (χ4n) is 7.62. The quantitative estimate of drug-likeness (QED) is 0.0263. The van der Waals surface area contributed by atoms with Crippen molar-refractivity contribution in [3.05, 3.63) is 12.2 Å². The van der Waals surface area contributed by atoms with E-state index in [1.54, 1.807) is 0 Å². The molecule has 0 aliphatic carbocycles. The second-order valence-corrected chi connectivity index (χ2v) is 17.4. The highest BCUT2D eigenvalue weighted by atomic mass is 16.6. The van der Waals surface area contributed by atoms with Crippen molar-refractivity contribution in [2.24, 2.45) is 0 Å². The molecule has 0 rings (SSSR count). The fraction of sp³-hybridized carbons (Fsp3) is 0.904. The SMILES string of the molecule is CCC/C=C\CCCCCCCC(=O)OCC(COC(=O)CCCCCCCCCCCCCCCCCCC)OC(=O)CCCCCCCCCCCCCCC. The van der Waals surface area contributed by atoms with Gasteiger partial charge in [-0.15, -0.1) is 0 Å². The Morgan fingerprint density at radius 3 is 0.931 bits per heavy atom. The lowest BCUT2D eigenvalue weighted by atomic mass is 10.0. The van der Waals surface area contributed by atoms with Gasteiger partial charge in [0.25, 0.3) is 0 Å². The molecule has 1 unspecified atom stereocenters. The van der Waals surface area contributed by atoms with Gasteiger partial charge in [-0.1, -0.05) is 238 Å².